The van der Waals surface area contributed by atoms with Crippen LogP contribution in [-0.2, 0) is 60.3 Å². The fourth-order valence-electron chi connectivity index (χ4n) is 3.44. The zero-order valence-corrected chi connectivity index (χ0v) is 38.1. The van der Waals surface area contributed by atoms with Crippen molar-refractivity contribution in [2.75, 3.05) is 42.3 Å². The molecule has 6 heterocycles. The molecule has 3 radical (unpaired) electrons. The predicted octanol–water partition coefficient (Wildman–Crippen LogP) is 7.88. The maximum absolute atomic E-state index is 2.12. The second-order valence-corrected chi connectivity index (χ2v) is 10.9. The molecule has 0 saturated heterocycles. The van der Waals surface area contributed by atoms with Gasteiger partial charge in [-0.2, -0.15) is 0 Å². The van der Waals surface area contributed by atoms with Crippen LogP contribution in [0.25, 0.3) is 0 Å². The Balaban J connectivity index is -0.000000127. The SMILES string of the molecule is C.C.C.CCC.CCC.CCC.CN1C=CN(N2C=CN(C)[CH-]2)[CH-]1.CN1C=CN(N2C=CN(C)[CH-]2)[CH-]1.CN1C=CN(N2C=CN(C)[CH-]2)[CH-]1.[Ir].[Ir].[Ir]. The molecule has 0 fully saturated rings. The molecule has 0 atom stereocenters. The predicted molar refractivity (Wildman–Crippen MR) is 206 cm³/mol. The molecule has 6 aliphatic heterocycles. The van der Waals surface area contributed by atoms with Gasteiger partial charge in [0.15, 0.2) is 0 Å². The zero-order valence-electron chi connectivity index (χ0n) is 30.9. The third kappa shape index (κ3) is 24.8. The average molecular weight is 1250 g/mol. The van der Waals surface area contributed by atoms with Crippen molar-refractivity contribution in [2.24, 2.45) is 0 Å². The maximum Gasteiger partial charge on any atom is 0.000743 e. The average Bonchev–Trinajstić information content (AvgIpc) is 3.82. The van der Waals surface area contributed by atoms with Crippen molar-refractivity contribution >= 4 is 0 Å². The first kappa shape index (κ1) is 61.0. The van der Waals surface area contributed by atoms with Gasteiger partial charge in [0.05, 0.1) is 0 Å². The molecule has 0 aliphatic carbocycles. The van der Waals surface area contributed by atoms with Gasteiger partial charge in [0.1, 0.15) is 0 Å². The van der Waals surface area contributed by atoms with Crippen LogP contribution in [0.2, 0.25) is 0 Å². The van der Waals surface area contributed by atoms with Gasteiger partial charge in [-0.05, 0) is 79.5 Å². The van der Waals surface area contributed by atoms with Crippen LogP contribution in [-0.4, -0.2) is 102 Å². The summed E-state index contributed by atoms with van der Waals surface area (Å²) in [4.78, 5) is 12.0. The Morgan fingerprint density at radius 3 is 0.431 bits per heavy atom. The summed E-state index contributed by atoms with van der Waals surface area (Å²) in [6.07, 6.45) is 27.8. The van der Waals surface area contributed by atoms with Crippen LogP contribution in [0, 0.1) is 40.0 Å². The van der Waals surface area contributed by atoms with Crippen molar-refractivity contribution in [3.63, 3.8) is 0 Å². The minimum atomic E-state index is 0. The van der Waals surface area contributed by atoms with E-state index in [1.54, 1.807) is 0 Å². The van der Waals surface area contributed by atoms with Gasteiger partial charge in [-0.15, -0.1) is 40.0 Å². The number of nitrogens with zero attached hydrogens (tertiary/aromatic N) is 12. The van der Waals surface area contributed by atoms with Crippen molar-refractivity contribution < 1.29 is 60.3 Å². The Kier molecular flexibility index (Phi) is 41.9. The van der Waals surface area contributed by atoms with E-state index in [1.807, 2.05) is 216 Å². The van der Waals surface area contributed by atoms with Crippen LogP contribution in [0.15, 0.2) is 74.4 Å². The molecule has 0 amide bonds. The summed E-state index contributed by atoms with van der Waals surface area (Å²) >= 11 is 0. The van der Waals surface area contributed by atoms with Crippen LogP contribution in [0.5, 0.6) is 0 Å². The Hall–Kier alpha value is -2.01. The molecule has 51 heavy (non-hydrogen) atoms. The van der Waals surface area contributed by atoms with E-state index in [0.717, 1.165) is 0 Å². The molecule has 0 aromatic carbocycles. The second-order valence-electron chi connectivity index (χ2n) is 10.9. The van der Waals surface area contributed by atoms with E-state index in [9.17, 15) is 0 Å². The first-order chi connectivity index (χ1) is 21.5. The molecule has 0 N–H and O–H groups in total. The number of hydrazine groups is 3. The van der Waals surface area contributed by atoms with Crippen LogP contribution >= 0.6 is 0 Å². The summed E-state index contributed by atoms with van der Waals surface area (Å²) in [5.41, 5.74) is 0. The zero-order chi connectivity index (χ0) is 33.8. The maximum atomic E-state index is 2.12. The van der Waals surface area contributed by atoms with Crippen LogP contribution < -0.4 is 0 Å². The van der Waals surface area contributed by atoms with Crippen molar-refractivity contribution in [2.45, 2.75) is 83.1 Å². The second kappa shape index (κ2) is 35.0. The fourth-order valence-corrected chi connectivity index (χ4v) is 3.44. The molecular formula is C36H72Ir3N12-6. The molecule has 12 nitrogen and oxygen atoms in total. The molecule has 0 bridgehead atoms. The quantitative estimate of drug-likeness (QED) is 0.259. The largest absolute Gasteiger partial charge is 0.509 e. The van der Waals surface area contributed by atoms with E-state index in [0.29, 0.717) is 0 Å². The van der Waals surface area contributed by atoms with Gasteiger partial charge >= 0.3 is 0 Å². The van der Waals surface area contributed by atoms with Crippen LogP contribution in [0.4, 0.5) is 0 Å². The summed E-state index contributed by atoms with van der Waals surface area (Å²) < 4.78 is 0. The first-order valence-electron chi connectivity index (χ1n) is 15.7. The fraction of sp³-hybridized carbons (Fsp3) is 0.500. The van der Waals surface area contributed by atoms with E-state index in [1.165, 1.54) is 19.3 Å². The van der Waals surface area contributed by atoms with E-state index in [-0.39, 0.29) is 82.6 Å². The molecule has 6 aliphatic rings. The normalized spacial score (nSPS) is 16.5. The molecule has 309 valence electrons. The van der Waals surface area contributed by atoms with E-state index in [4.69, 9.17) is 0 Å². The third-order valence-corrected chi connectivity index (χ3v) is 5.33. The molecular weight excluding hydrogens is 1180 g/mol. The number of rotatable bonds is 3. The molecule has 6 rings (SSSR count). The van der Waals surface area contributed by atoms with Crippen LogP contribution in [0.3, 0.4) is 0 Å². The third-order valence-electron chi connectivity index (χ3n) is 5.33. The van der Waals surface area contributed by atoms with Gasteiger partial charge in [0.25, 0.3) is 0 Å². The Morgan fingerprint density at radius 2 is 0.373 bits per heavy atom. The van der Waals surface area contributed by atoms with Gasteiger partial charge in [-0.3, -0.25) is 0 Å². The Labute approximate surface area is 357 Å². The molecule has 15 heteroatoms. The van der Waals surface area contributed by atoms with E-state index in [2.05, 4.69) is 41.5 Å². The summed E-state index contributed by atoms with van der Waals surface area (Å²) in [7, 11) is 12.0. The summed E-state index contributed by atoms with van der Waals surface area (Å²) in [5.74, 6) is 0. The first-order valence-corrected chi connectivity index (χ1v) is 15.7. The van der Waals surface area contributed by atoms with E-state index >= 15 is 0 Å². The van der Waals surface area contributed by atoms with Crippen LogP contribution in [0.1, 0.15) is 83.1 Å². The number of hydrogen-bond donors (Lipinski definition) is 0. The molecule has 0 unspecified atom stereocenters. The Bertz CT molecular complexity index is 775. The summed E-state index contributed by atoms with van der Waals surface area (Å²) in [5, 5.41) is 12.0. The van der Waals surface area contributed by atoms with Gasteiger partial charge in [0, 0.05) is 97.5 Å². The summed E-state index contributed by atoms with van der Waals surface area (Å²) in [6, 6.07) is 0. The monoisotopic (exact) mass is 1250 g/mol. The summed E-state index contributed by atoms with van der Waals surface area (Å²) in [6.45, 7) is 24.8. The number of hydrogen-bond acceptors (Lipinski definition) is 12. The van der Waals surface area contributed by atoms with Gasteiger partial charge in [-0.25, -0.2) is 0 Å². The minimum absolute atomic E-state index is 0. The van der Waals surface area contributed by atoms with Gasteiger partial charge in [-0.1, -0.05) is 83.1 Å². The molecule has 0 spiro atoms. The molecule has 0 aromatic rings. The van der Waals surface area contributed by atoms with Gasteiger partial charge in [0.2, 0.25) is 0 Å². The van der Waals surface area contributed by atoms with Crippen molar-refractivity contribution in [3.8, 4) is 0 Å². The standard InChI is InChI=1S/3C8H12N4.3C3H8.3CH4.3Ir/c3*1-9-3-5-11(7-9)12-6-4-10(2)8-12;3*1-3-2;;;;;;/h3*3-8H,1-2H3;3*3H2,1-2H3;3*1H4;;;/q3*-2;;;;;;;;;. The van der Waals surface area contributed by atoms with Gasteiger partial charge < -0.3 is 59.5 Å². The Morgan fingerprint density at radius 1 is 0.275 bits per heavy atom. The molecule has 0 saturated carbocycles. The molecule has 0 aromatic heterocycles. The van der Waals surface area contributed by atoms with Crippen molar-refractivity contribution in [1.29, 1.82) is 0 Å². The van der Waals surface area contributed by atoms with Crippen molar-refractivity contribution in [1.82, 2.24) is 59.5 Å². The van der Waals surface area contributed by atoms with Crippen molar-refractivity contribution in [3.05, 3.63) is 114 Å². The topological polar surface area (TPSA) is 38.9 Å². The smallest absolute Gasteiger partial charge is 0.000743 e. The van der Waals surface area contributed by atoms with E-state index < -0.39 is 0 Å². The minimum Gasteiger partial charge on any atom is -0.509 e.